The van der Waals surface area contributed by atoms with E-state index in [4.69, 9.17) is 5.26 Å². The number of non-ortho nitro benzene ring substituents is 1. The van der Waals surface area contributed by atoms with E-state index in [1.165, 1.54) is 30.5 Å². The summed E-state index contributed by atoms with van der Waals surface area (Å²) in [6, 6.07) is 10.4. The largest absolute Gasteiger partial charge is 0.292 e. The summed E-state index contributed by atoms with van der Waals surface area (Å²) in [4.78, 5) is 26.1. The van der Waals surface area contributed by atoms with Crippen LogP contribution < -0.4 is 0 Å². The van der Waals surface area contributed by atoms with Crippen LogP contribution in [0.5, 0.6) is 0 Å². The molecule has 1 heterocycles. The van der Waals surface area contributed by atoms with Gasteiger partial charge in [-0.25, -0.2) is 0 Å². The molecule has 1 unspecified atom stereocenters. The minimum Gasteiger partial charge on any atom is -0.292 e. The molecule has 1 aromatic carbocycles. The molecule has 20 heavy (non-hydrogen) atoms. The lowest BCUT2D eigenvalue weighted by Crippen LogP contribution is -2.11. The van der Waals surface area contributed by atoms with Gasteiger partial charge in [0, 0.05) is 30.1 Å². The van der Waals surface area contributed by atoms with Crippen molar-refractivity contribution in [1.29, 1.82) is 5.26 Å². The molecule has 0 saturated heterocycles. The summed E-state index contributed by atoms with van der Waals surface area (Å²) in [5, 5.41) is 19.7. The van der Waals surface area contributed by atoms with Crippen molar-refractivity contribution in [1.82, 2.24) is 4.98 Å². The average molecular weight is 267 g/mol. The Morgan fingerprint density at radius 1 is 1.30 bits per heavy atom. The quantitative estimate of drug-likeness (QED) is 0.481. The molecule has 6 heteroatoms. The number of carbonyl (C=O) groups excluding carboxylic acids is 1. The number of nitro benzene ring substituents is 1. The highest BCUT2D eigenvalue weighted by Crippen LogP contribution is 2.21. The maximum absolute atomic E-state index is 12.2. The number of nitriles is 1. The lowest BCUT2D eigenvalue weighted by molar-refractivity contribution is -0.384. The average Bonchev–Trinajstić information content (AvgIpc) is 2.49. The summed E-state index contributed by atoms with van der Waals surface area (Å²) in [5.41, 5.74) is 0.654. The van der Waals surface area contributed by atoms with Crippen molar-refractivity contribution >= 4 is 11.5 Å². The predicted molar refractivity (Wildman–Crippen MR) is 70.0 cm³/mol. The molecule has 0 aliphatic carbocycles. The molecular weight excluding hydrogens is 258 g/mol. The summed E-state index contributed by atoms with van der Waals surface area (Å²) >= 11 is 0. The van der Waals surface area contributed by atoms with Gasteiger partial charge in [0.25, 0.3) is 5.69 Å². The number of benzene rings is 1. The van der Waals surface area contributed by atoms with Gasteiger partial charge in [0.05, 0.1) is 11.0 Å². The Labute approximate surface area is 114 Å². The lowest BCUT2D eigenvalue weighted by Gasteiger charge is -2.07. The van der Waals surface area contributed by atoms with Crippen molar-refractivity contribution in [2.45, 2.75) is 5.92 Å². The van der Waals surface area contributed by atoms with E-state index in [1.807, 2.05) is 6.07 Å². The molecule has 0 radical (unpaired) electrons. The van der Waals surface area contributed by atoms with Gasteiger partial charge in [-0.3, -0.25) is 19.9 Å². The Bertz CT molecular complexity index is 675. The summed E-state index contributed by atoms with van der Waals surface area (Å²) in [6.07, 6.45) is 3.01. The first kappa shape index (κ1) is 13.4. The van der Waals surface area contributed by atoms with Crippen LogP contribution in [0.1, 0.15) is 21.8 Å². The normalized spacial score (nSPS) is 11.3. The van der Waals surface area contributed by atoms with Crippen LogP contribution in [0, 0.1) is 21.4 Å². The second kappa shape index (κ2) is 5.71. The van der Waals surface area contributed by atoms with Gasteiger partial charge < -0.3 is 0 Å². The number of pyridine rings is 1. The van der Waals surface area contributed by atoms with E-state index in [2.05, 4.69) is 4.98 Å². The molecule has 0 N–H and O–H groups in total. The molecule has 0 aliphatic heterocycles. The van der Waals surface area contributed by atoms with Crippen LogP contribution in [-0.4, -0.2) is 15.7 Å². The molecule has 0 saturated carbocycles. The van der Waals surface area contributed by atoms with Gasteiger partial charge in [-0.1, -0.05) is 6.07 Å². The second-order valence-electron chi connectivity index (χ2n) is 4.02. The smallest absolute Gasteiger partial charge is 0.269 e. The van der Waals surface area contributed by atoms with Gasteiger partial charge in [-0.15, -0.1) is 0 Å². The van der Waals surface area contributed by atoms with Crippen molar-refractivity contribution in [2.24, 2.45) is 0 Å². The minimum absolute atomic E-state index is 0.101. The van der Waals surface area contributed by atoms with Crippen LogP contribution in [0.2, 0.25) is 0 Å². The number of nitro groups is 1. The van der Waals surface area contributed by atoms with Crippen molar-refractivity contribution in [3.63, 3.8) is 0 Å². The number of rotatable bonds is 4. The van der Waals surface area contributed by atoms with Gasteiger partial charge in [0.2, 0.25) is 0 Å². The monoisotopic (exact) mass is 267 g/mol. The van der Waals surface area contributed by atoms with Crippen LogP contribution in [-0.2, 0) is 0 Å². The van der Waals surface area contributed by atoms with Gasteiger partial charge in [0.15, 0.2) is 5.78 Å². The van der Waals surface area contributed by atoms with E-state index in [-0.39, 0.29) is 11.3 Å². The fourth-order valence-electron chi connectivity index (χ4n) is 1.75. The van der Waals surface area contributed by atoms with E-state index in [0.717, 1.165) is 0 Å². The standard InChI is InChI=1S/C14H9N3O3/c15-8-13(11-2-1-7-16-9-11)14(18)10-3-5-12(6-4-10)17(19)20/h1-7,9,13H. The molecule has 1 aromatic heterocycles. The van der Waals surface area contributed by atoms with Crippen molar-refractivity contribution in [3.8, 4) is 6.07 Å². The molecule has 2 rings (SSSR count). The molecule has 1 atom stereocenters. The number of aromatic nitrogens is 1. The van der Waals surface area contributed by atoms with Crippen molar-refractivity contribution in [3.05, 3.63) is 70.0 Å². The zero-order chi connectivity index (χ0) is 14.5. The third kappa shape index (κ3) is 2.67. The summed E-state index contributed by atoms with van der Waals surface area (Å²) < 4.78 is 0. The highest BCUT2D eigenvalue weighted by molar-refractivity contribution is 6.02. The summed E-state index contributed by atoms with van der Waals surface area (Å²) in [6.45, 7) is 0. The van der Waals surface area contributed by atoms with Crippen LogP contribution >= 0.6 is 0 Å². The fourth-order valence-corrected chi connectivity index (χ4v) is 1.75. The zero-order valence-electron chi connectivity index (χ0n) is 10.3. The van der Waals surface area contributed by atoms with E-state index >= 15 is 0 Å². The van der Waals surface area contributed by atoms with Crippen LogP contribution in [0.25, 0.3) is 0 Å². The summed E-state index contributed by atoms with van der Waals surface area (Å²) in [5.74, 6) is -1.37. The van der Waals surface area contributed by atoms with Gasteiger partial charge in [-0.05, 0) is 23.8 Å². The molecule has 2 aromatic rings. The summed E-state index contributed by atoms with van der Waals surface area (Å²) in [7, 11) is 0. The van der Waals surface area contributed by atoms with E-state index in [0.29, 0.717) is 5.56 Å². The third-order valence-corrected chi connectivity index (χ3v) is 2.77. The van der Waals surface area contributed by atoms with E-state index in [9.17, 15) is 14.9 Å². The molecule has 6 nitrogen and oxygen atoms in total. The zero-order valence-corrected chi connectivity index (χ0v) is 10.3. The topological polar surface area (TPSA) is 96.9 Å². The number of carbonyl (C=O) groups is 1. The second-order valence-corrected chi connectivity index (χ2v) is 4.02. The van der Waals surface area contributed by atoms with Gasteiger partial charge in [-0.2, -0.15) is 5.26 Å². The number of nitrogens with zero attached hydrogens (tertiary/aromatic N) is 3. The predicted octanol–water partition coefficient (Wildman–Crippen LogP) is 2.48. The number of hydrogen-bond acceptors (Lipinski definition) is 5. The van der Waals surface area contributed by atoms with Crippen LogP contribution in [0.4, 0.5) is 5.69 Å². The van der Waals surface area contributed by atoms with E-state index in [1.54, 1.807) is 18.3 Å². The third-order valence-electron chi connectivity index (χ3n) is 2.77. The first-order chi connectivity index (χ1) is 9.63. The Hall–Kier alpha value is -3.07. The fraction of sp³-hybridized carbons (Fsp3) is 0.0714. The number of ketones is 1. The number of hydrogen-bond donors (Lipinski definition) is 0. The highest BCUT2D eigenvalue weighted by Gasteiger charge is 2.22. The maximum Gasteiger partial charge on any atom is 0.269 e. The Kier molecular flexibility index (Phi) is 3.82. The molecule has 0 aliphatic rings. The SMILES string of the molecule is N#CC(C(=O)c1ccc([N+](=O)[O-])cc1)c1cccnc1. The molecule has 98 valence electrons. The Balaban J connectivity index is 2.30. The Morgan fingerprint density at radius 3 is 2.50 bits per heavy atom. The van der Waals surface area contributed by atoms with Gasteiger partial charge >= 0.3 is 0 Å². The van der Waals surface area contributed by atoms with E-state index < -0.39 is 16.6 Å². The van der Waals surface area contributed by atoms with Crippen molar-refractivity contribution < 1.29 is 9.72 Å². The molecule has 0 amide bonds. The molecular formula is C14H9N3O3. The molecule has 0 fully saturated rings. The van der Waals surface area contributed by atoms with Crippen LogP contribution in [0.15, 0.2) is 48.8 Å². The lowest BCUT2D eigenvalue weighted by atomic mass is 9.93. The van der Waals surface area contributed by atoms with Gasteiger partial charge in [0.1, 0.15) is 5.92 Å². The first-order valence-corrected chi connectivity index (χ1v) is 5.71. The Morgan fingerprint density at radius 2 is 2.00 bits per heavy atom. The van der Waals surface area contributed by atoms with Crippen LogP contribution in [0.3, 0.4) is 0 Å². The molecule has 0 bridgehead atoms. The van der Waals surface area contributed by atoms with Crippen molar-refractivity contribution in [2.75, 3.05) is 0 Å². The highest BCUT2D eigenvalue weighted by atomic mass is 16.6. The molecule has 0 spiro atoms. The number of Topliss-reactive ketones (excluding diaryl/α,β-unsaturated/α-hetero) is 1. The first-order valence-electron chi connectivity index (χ1n) is 5.71. The maximum atomic E-state index is 12.2. The minimum atomic E-state index is -0.967.